The number of carbonyl (C=O) groups is 1. The lowest BCUT2D eigenvalue weighted by molar-refractivity contribution is -0.135. The van der Waals surface area contributed by atoms with Gasteiger partial charge in [0.1, 0.15) is 12.1 Å². The van der Waals surface area contributed by atoms with E-state index in [2.05, 4.69) is 14.9 Å². The molecule has 1 saturated heterocycles. The van der Waals surface area contributed by atoms with Crippen molar-refractivity contribution in [2.45, 2.75) is 25.2 Å². The summed E-state index contributed by atoms with van der Waals surface area (Å²) in [6, 6.07) is 10.7. The van der Waals surface area contributed by atoms with E-state index in [-0.39, 0.29) is 36.1 Å². The van der Waals surface area contributed by atoms with Crippen molar-refractivity contribution in [1.82, 2.24) is 24.3 Å². The average Bonchev–Trinajstić information content (AvgIpc) is 3.08. The molecule has 2 aliphatic rings. The minimum absolute atomic E-state index is 0.0500. The topological polar surface area (TPSA) is 101 Å². The van der Waals surface area contributed by atoms with Crippen LogP contribution in [0.4, 0.5) is 0 Å². The number of aromatic nitrogens is 3. The quantitative estimate of drug-likeness (QED) is 0.578. The highest BCUT2D eigenvalue weighted by atomic mass is 16.5. The maximum Gasteiger partial charge on any atom is 0.258 e. The van der Waals surface area contributed by atoms with Crippen LogP contribution in [0.1, 0.15) is 17.3 Å². The third-order valence-electron chi connectivity index (χ3n) is 7.28. The highest BCUT2D eigenvalue weighted by molar-refractivity contribution is 5.80. The van der Waals surface area contributed by atoms with Crippen LogP contribution in [0.5, 0.6) is 5.75 Å². The van der Waals surface area contributed by atoms with Crippen LogP contribution in [0, 0.1) is 11.8 Å². The molecule has 182 valence electrons. The largest absolute Gasteiger partial charge is 0.497 e. The first-order chi connectivity index (χ1) is 16.9. The van der Waals surface area contributed by atoms with Crippen molar-refractivity contribution in [3.63, 3.8) is 0 Å². The molecule has 35 heavy (non-hydrogen) atoms. The van der Waals surface area contributed by atoms with Gasteiger partial charge in [0, 0.05) is 75.0 Å². The van der Waals surface area contributed by atoms with Crippen molar-refractivity contribution < 1.29 is 14.6 Å². The Morgan fingerprint density at radius 1 is 1.14 bits per heavy atom. The van der Waals surface area contributed by atoms with E-state index in [0.29, 0.717) is 18.7 Å². The van der Waals surface area contributed by atoms with Gasteiger partial charge in [-0.2, -0.15) is 0 Å². The first-order valence-corrected chi connectivity index (χ1v) is 11.6. The second-order valence-electron chi connectivity index (χ2n) is 9.35. The molecule has 2 aromatic heterocycles. The molecule has 0 spiro atoms. The van der Waals surface area contributed by atoms with Gasteiger partial charge in [-0.25, -0.2) is 9.97 Å². The fourth-order valence-electron chi connectivity index (χ4n) is 5.63. The van der Waals surface area contributed by atoms with Crippen LogP contribution in [0.2, 0.25) is 0 Å². The fraction of sp³-hybridized carbons (Fsp3) is 0.385. The number of carbonyl (C=O) groups excluding carboxylic acids is 1. The van der Waals surface area contributed by atoms with E-state index >= 15 is 0 Å². The van der Waals surface area contributed by atoms with E-state index in [1.807, 2.05) is 36.4 Å². The molecule has 0 unspecified atom stereocenters. The molecule has 0 radical (unpaired) electrons. The van der Waals surface area contributed by atoms with Gasteiger partial charge >= 0.3 is 0 Å². The summed E-state index contributed by atoms with van der Waals surface area (Å²) in [7, 11) is 5.07. The summed E-state index contributed by atoms with van der Waals surface area (Å²) in [6.45, 7) is 0.782. The summed E-state index contributed by atoms with van der Waals surface area (Å²) in [4.78, 5) is 39.1. The number of benzene rings is 1. The molecule has 5 rings (SSSR count). The lowest BCUT2D eigenvalue weighted by Gasteiger charge is -2.38. The summed E-state index contributed by atoms with van der Waals surface area (Å²) in [5, 5.41) is 10.4. The zero-order valence-corrected chi connectivity index (χ0v) is 20.0. The lowest BCUT2D eigenvalue weighted by atomic mass is 9.86. The summed E-state index contributed by atoms with van der Waals surface area (Å²) in [5.41, 5.74) is 3.01. The molecule has 1 aromatic carbocycles. The van der Waals surface area contributed by atoms with Crippen LogP contribution in [0.15, 0.2) is 59.9 Å². The Morgan fingerprint density at radius 3 is 2.49 bits per heavy atom. The minimum Gasteiger partial charge on any atom is -0.497 e. The molecular formula is C26H29N5O4. The van der Waals surface area contributed by atoms with Gasteiger partial charge in [0.2, 0.25) is 5.91 Å². The zero-order chi connectivity index (χ0) is 24.7. The first kappa shape index (κ1) is 23.2. The van der Waals surface area contributed by atoms with E-state index < -0.39 is 5.92 Å². The van der Waals surface area contributed by atoms with Gasteiger partial charge < -0.3 is 19.3 Å². The van der Waals surface area contributed by atoms with Gasteiger partial charge in [0.25, 0.3) is 5.56 Å². The smallest absolute Gasteiger partial charge is 0.258 e. The number of nitrogens with zero attached hydrogens (tertiary/aromatic N) is 5. The van der Waals surface area contributed by atoms with Gasteiger partial charge in [0.15, 0.2) is 0 Å². The number of fused-ring (bicyclic) bond motifs is 4. The van der Waals surface area contributed by atoms with Crippen molar-refractivity contribution in [3.8, 4) is 16.9 Å². The van der Waals surface area contributed by atoms with Crippen molar-refractivity contribution in [2.24, 2.45) is 11.8 Å². The predicted molar refractivity (Wildman–Crippen MR) is 130 cm³/mol. The Labute approximate surface area is 203 Å². The van der Waals surface area contributed by atoms with E-state index in [9.17, 15) is 14.7 Å². The summed E-state index contributed by atoms with van der Waals surface area (Å²) in [5.74, 6) is -0.0971. The lowest BCUT2D eigenvalue weighted by Crippen LogP contribution is -2.46. The average molecular weight is 476 g/mol. The Balaban J connectivity index is 1.62. The molecule has 4 atom stereocenters. The van der Waals surface area contributed by atoms with Crippen molar-refractivity contribution in [1.29, 1.82) is 0 Å². The number of aliphatic hydroxyl groups is 1. The Bertz CT molecular complexity index is 1280. The maximum absolute atomic E-state index is 13.7. The predicted octanol–water partition coefficient (Wildman–Crippen LogP) is 1.57. The van der Waals surface area contributed by atoms with Crippen LogP contribution in [-0.2, 0) is 17.9 Å². The van der Waals surface area contributed by atoms with E-state index in [1.165, 1.54) is 6.33 Å². The van der Waals surface area contributed by atoms with E-state index in [1.54, 1.807) is 43.1 Å². The number of aliphatic hydroxyl groups excluding tert-OH is 1. The minimum atomic E-state index is -0.468. The van der Waals surface area contributed by atoms with E-state index in [0.717, 1.165) is 22.6 Å². The van der Waals surface area contributed by atoms with Crippen LogP contribution in [-0.4, -0.2) is 69.2 Å². The summed E-state index contributed by atoms with van der Waals surface area (Å²) in [6.07, 6.45) is 5.01. The van der Waals surface area contributed by atoms with Crippen LogP contribution >= 0.6 is 0 Å². The monoisotopic (exact) mass is 475 g/mol. The molecule has 4 heterocycles. The fourth-order valence-corrected chi connectivity index (χ4v) is 5.63. The van der Waals surface area contributed by atoms with Crippen LogP contribution in [0.25, 0.3) is 11.1 Å². The maximum atomic E-state index is 13.7. The number of rotatable bonds is 6. The molecule has 9 nitrogen and oxygen atoms in total. The highest BCUT2D eigenvalue weighted by Gasteiger charge is 2.56. The standard InChI is InChI=1S/C26H29N5O4/c1-29(2)26(34)23-20(14-32)22-13-31-21(24(23)30(22)12-16-10-27-15-28-11-16)9-8-19(25(31)33)17-4-6-18(35-3)7-5-17/h4-11,15,20,22-24,32H,12-14H2,1-3H3/t20-,22-,23+,24+/m1/s1. The van der Waals surface area contributed by atoms with Crippen molar-refractivity contribution in [3.05, 3.63) is 76.7 Å². The van der Waals surface area contributed by atoms with Crippen molar-refractivity contribution in [2.75, 3.05) is 27.8 Å². The highest BCUT2D eigenvalue weighted by Crippen LogP contribution is 2.49. The number of amides is 1. The van der Waals surface area contributed by atoms with Gasteiger partial charge in [0.05, 0.1) is 19.1 Å². The molecule has 0 aliphatic carbocycles. The first-order valence-electron chi connectivity index (χ1n) is 11.6. The molecule has 1 fully saturated rings. The van der Waals surface area contributed by atoms with Gasteiger partial charge in [-0.05, 0) is 29.8 Å². The SMILES string of the molecule is COc1ccc(-c2ccc3n(c2=O)C[C@@H]2[C@@H](CO)[C@H](C(=O)N(C)C)[C@H]3N2Cc2cncnc2)cc1. The second kappa shape index (κ2) is 9.24. The normalized spacial score (nSPS) is 23.1. The molecule has 1 amide bonds. The molecule has 3 aromatic rings. The Morgan fingerprint density at radius 2 is 1.86 bits per heavy atom. The van der Waals surface area contributed by atoms with Gasteiger partial charge in [-0.3, -0.25) is 14.5 Å². The number of pyridine rings is 1. The number of ether oxygens (including phenoxy) is 1. The molecule has 2 aliphatic heterocycles. The third-order valence-corrected chi connectivity index (χ3v) is 7.28. The molecule has 0 saturated carbocycles. The molecule has 2 bridgehead atoms. The Kier molecular flexibility index (Phi) is 6.12. The number of methoxy groups -OCH3 is 1. The summed E-state index contributed by atoms with van der Waals surface area (Å²) >= 11 is 0. The van der Waals surface area contributed by atoms with Crippen molar-refractivity contribution >= 4 is 5.91 Å². The van der Waals surface area contributed by atoms with Gasteiger partial charge in [-0.15, -0.1) is 0 Å². The molecule has 1 N–H and O–H groups in total. The van der Waals surface area contributed by atoms with Gasteiger partial charge in [-0.1, -0.05) is 12.1 Å². The number of hydrogen-bond donors (Lipinski definition) is 1. The molecule has 9 heteroatoms. The Hall–Kier alpha value is -3.56. The second-order valence-corrected chi connectivity index (χ2v) is 9.35. The summed E-state index contributed by atoms with van der Waals surface area (Å²) < 4.78 is 7.03. The van der Waals surface area contributed by atoms with E-state index in [4.69, 9.17) is 4.74 Å². The zero-order valence-electron chi connectivity index (χ0n) is 20.0. The third kappa shape index (κ3) is 3.90. The van der Waals surface area contributed by atoms with Crippen LogP contribution < -0.4 is 10.3 Å². The molecular weight excluding hydrogens is 446 g/mol. The number of hydrogen-bond acceptors (Lipinski definition) is 7. The van der Waals surface area contributed by atoms with Crippen LogP contribution in [0.3, 0.4) is 0 Å².